The maximum absolute atomic E-state index is 5.46. The monoisotopic (exact) mass is 769 g/mol. The first-order chi connectivity index (χ1) is 29.2. The molecule has 276 valence electrons. The number of aromatic nitrogens is 3. The number of benzene rings is 8. The second-order valence-corrected chi connectivity index (χ2v) is 15.8. The van der Waals surface area contributed by atoms with Gasteiger partial charge >= 0.3 is 0 Å². The average Bonchev–Trinajstić information content (AvgIpc) is 3.72. The molecule has 3 aromatic heterocycles. The molecular formula is C55H35N3S. The Morgan fingerprint density at radius 1 is 0.322 bits per heavy atom. The Labute approximate surface area is 346 Å². The lowest BCUT2D eigenvalue weighted by molar-refractivity contribution is 1.18. The molecular weight excluding hydrogens is 735 g/mol. The zero-order valence-corrected chi connectivity index (χ0v) is 32.8. The molecule has 0 fully saturated rings. The molecule has 0 amide bonds. The van der Waals surface area contributed by atoms with Crippen LogP contribution < -0.4 is 0 Å². The van der Waals surface area contributed by atoms with E-state index in [0.29, 0.717) is 5.82 Å². The summed E-state index contributed by atoms with van der Waals surface area (Å²) in [6.07, 6.45) is 0. The number of nitrogens with zero attached hydrogens (tertiary/aromatic N) is 3. The highest BCUT2D eigenvalue weighted by atomic mass is 32.1. The summed E-state index contributed by atoms with van der Waals surface area (Å²) >= 11 is 1.81. The topological polar surface area (TPSA) is 38.7 Å². The molecule has 0 spiro atoms. The van der Waals surface area contributed by atoms with Gasteiger partial charge in [0.15, 0.2) is 5.82 Å². The highest BCUT2D eigenvalue weighted by Gasteiger charge is 2.20. The Hall–Kier alpha value is -7.53. The van der Waals surface area contributed by atoms with Gasteiger partial charge in [-0.05, 0) is 57.6 Å². The lowest BCUT2D eigenvalue weighted by Gasteiger charge is -2.13. The van der Waals surface area contributed by atoms with Crippen LogP contribution in [0.2, 0.25) is 0 Å². The van der Waals surface area contributed by atoms with E-state index in [9.17, 15) is 0 Å². The Kier molecular flexibility index (Phi) is 8.68. The van der Waals surface area contributed by atoms with Crippen LogP contribution in [-0.4, -0.2) is 15.0 Å². The lowest BCUT2D eigenvalue weighted by atomic mass is 9.95. The number of hydrogen-bond acceptors (Lipinski definition) is 4. The minimum atomic E-state index is 0.665. The van der Waals surface area contributed by atoms with Gasteiger partial charge in [-0.1, -0.05) is 188 Å². The van der Waals surface area contributed by atoms with Gasteiger partial charge in [-0.2, -0.15) is 0 Å². The van der Waals surface area contributed by atoms with Crippen molar-refractivity contribution in [1.82, 2.24) is 15.0 Å². The molecule has 3 heterocycles. The molecule has 11 aromatic rings. The third-order valence-electron chi connectivity index (χ3n) is 11.1. The zero-order chi connectivity index (χ0) is 39.1. The molecule has 0 N–H and O–H groups in total. The van der Waals surface area contributed by atoms with Crippen molar-refractivity contribution in [2.24, 2.45) is 0 Å². The number of thiophene rings is 1. The van der Waals surface area contributed by atoms with E-state index in [-0.39, 0.29) is 0 Å². The highest BCUT2D eigenvalue weighted by molar-refractivity contribution is 7.26. The molecule has 59 heavy (non-hydrogen) atoms. The molecule has 0 aliphatic carbocycles. The quantitative estimate of drug-likeness (QED) is 0.162. The number of fused-ring (bicyclic) bond motifs is 5. The number of rotatable bonds is 7. The van der Waals surface area contributed by atoms with Crippen molar-refractivity contribution in [2.75, 3.05) is 0 Å². The molecule has 11 rings (SSSR count). The first-order valence-corrected chi connectivity index (χ1v) is 20.7. The van der Waals surface area contributed by atoms with E-state index in [1.54, 1.807) is 0 Å². The number of pyridine rings is 1. The van der Waals surface area contributed by atoms with Gasteiger partial charge in [0, 0.05) is 43.1 Å². The van der Waals surface area contributed by atoms with Gasteiger partial charge in [-0.15, -0.1) is 11.3 Å². The summed E-state index contributed by atoms with van der Waals surface area (Å²) in [4.78, 5) is 16.0. The molecule has 0 bridgehead atoms. The van der Waals surface area contributed by atoms with Crippen molar-refractivity contribution in [3.8, 4) is 78.5 Å². The molecule has 0 unspecified atom stereocenters. The fourth-order valence-electron chi connectivity index (χ4n) is 8.19. The first kappa shape index (κ1) is 34.7. The van der Waals surface area contributed by atoms with E-state index in [4.69, 9.17) is 15.0 Å². The molecule has 4 heteroatoms. The van der Waals surface area contributed by atoms with E-state index in [2.05, 4.69) is 200 Å². The van der Waals surface area contributed by atoms with Crippen LogP contribution >= 0.6 is 11.3 Å². The Balaban J connectivity index is 1.07. The van der Waals surface area contributed by atoms with Crippen LogP contribution in [0, 0.1) is 0 Å². The Bertz CT molecular complexity index is 3180. The Morgan fingerprint density at radius 3 is 1.44 bits per heavy atom. The lowest BCUT2D eigenvalue weighted by Crippen LogP contribution is -1.97. The first-order valence-electron chi connectivity index (χ1n) is 19.8. The Morgan fingerprint density at radius 2 is 0.814 bits per heavy atom. The SMILES string of the molecule is c1ccc(-c2ccc(-c3cc(-c4ccc(-c5ccccc5)cc4)nc(-c4cccc(-c5nc6cccc(-c7ccccc7)c6c6c5sc5ccccc56)c4)n3)cc2)cc1. The highest BCUT2D eigenvalue weighted by Crippen LogP contribution is 2.46. The van der Waals surface area contributed by atoms with Crippen LogP contribution in [0.3, 0.4) is 0 Å². The van der Waals surface area contributed by atoms with Crippen LogP contribution in [0.1, 0.15) is 0 Å². The van der Waals surface area contributed by atoms with Crippen LogP contribution in [0.15, 0.2) is 212 Å². The minimum absolute atomic E-state index is 0.665. The maximum atomic E-state index is 5.46. The molecule has 0 saturated heterocycles. The van der Waals surface area contributed by atoms with Crippen molar-refractivity contribution in [3.05, 3.63) is 212 Å². The predicted octanol–water partition coefficient (Wildman–Crippen LogP) is 15.1. The van der Waals surface area contributed by atoms with E-state index in [1.807, 2.05) is 23.5 Å². The van der Waals surface area contributed by atoms with Crippen molar-refractivity contribution < 1.29 is 0 Å². The normalized spacial score (nSPS) is 11.4. The van der Waals surface area contributed by atoms with Crippen LogP contribution in [-0.2, 0) is 0 Å². The maximum Gasteiger partial charge on any atom is 0.160 e. The van der Waals surface area contributed by atoms with Gasteiger partial charge in [0.1, 0.15) is 0 Å². The fourth-order valence-corrected chi connectivity index (χ4v) is 9.41. The molecule has 0 aliphatic rings. The summed E-state index contributed by atoms with van der Waals surface area (Å²) in [5.41, 5.74) is 14.8. The average molecular weight is 770 g/mol. The second-order valence-electron chi connectivity index (χ2n) is 14.8. The molecule has 0 aliphatic heterocycles. The van der Waals surface area contributed by atoms with Gasteiger partial charge in [0.2, 0.25) is 0 Å². The summed E-state index contributed by atoms with van der Waals surface area (Å²) in [6, 6.07) is 74.8. The van der Waals surface area contributed by atoms with Gasteiger partial charge < -0.3 is 0 Å². The largest absolute Gasteiger partial charge is 0.246 e. The zero-order valence-electron chi connectivity index (χ0n) is 32.0. The van der Waals surface area contributed by atoms with E-state index in [0.717, 1.165) is 44.9 Å². The van der Waals surface area contributed by atoms with Crippen molar-refractivity contribution in [3.63, 3.8) is 0 Å². The summed E-state index contributed by atoms with van der Waals surface area (Å²) in [7, 11) is 0. The molecule has 8 aromatic carbocycles. The smallest absolute Gasteiger partial charge is 0.160 e. The molecule has 0 saturated carbocycles. The number of hydrogen-bond donors (Lipinski definition) is 0. The standard InChI is InChI=1S/C55H35N3S/c1-4-14-36(15-5-1)38-26-30-41(31-27-38)48-35-49(42-32-28-39(29-33-42)37-16-6-2-7-17-37)58-55(57-48)44-21-12-20-43(34-44)53-54-52(46-22-10-11-25-50(46)59-54)51-45(23-13-24-47(51)56-53)40-18-8-3-9-19-40/h1-35H. The molecule has 0 atom stereocenters. The van der Waals surface area contributed by atoms with Crippen molar-refractivity contribution in [2.45, 2.75) is 0 Å². The fraction of sp³-hybridized carbons (Fsp3) is 0. The summed E-state index contributed by atoms with van der Waals surface area (Å²) < 4.78 is 2.42. The van der Waals surface area contributed by atoms with Crippen LogP contribution in [0.4, 0.5) is 0 Å². The van der Waals surface area contributed by atoms with Crippen molar-refractivity contribution >= 4 is 42.4 Å². The van der Waals surface area contributed by atoms with Crippen LogP contribution in [0.5, 0.6) is 0 Å². The van der Waals surface area contributed by atoms with E-state index < -0.39 is 0 Å². The summed E-state index contributed by atoms with van der Waals surface area (Å²) in [5.74, 6) is 0.665. The van der Waals surface area contributed by atoms with Gasteiger partial charge in [0.05, 0.1) is 27.3 Å². The third kappa shape index (κ3) is 6.46. The summed E-state index contributed by atoms with van der Waals surface area (Å²) in [5, 5.41) is 3.68. The summed E-state index contributed by atoms with van der Waals surface area (Å²) in [6.45, 7) is 0. The predicted molar refractivity (Wildman–Crippen MR) is 248 cm³/mol. The van der Waals surface area contributed by atoms with Crippen LogP contribution in [0.25, 0.3) is 110 Å². The van der Waals surface area contributed by atoms with Gasteiger partial charge in [0.25, 0.3) is 0 Å². The van der Waals surface area contributed by atoms with Gasteiger partial charge in [-0.3, -0.25) is 0 Å². The van der Waals surface area contributed by atoms with E-state index in [1.165, 1.54) is 58.9 Å². The minimum Gasteiger partial charge on any atom is -0.246 e. The van der Waals surface area contributed by atoms with Gasteiger partial charge in [-0.25, -0.2) is 15.0 Å². The molecule has 3 nitrogen and oxygen atoms in total. The van der Waals surface area contributed by atoms with Crippen molar-refractivity contribution in [1.29, 1.82) is 0 Å². The molecule has 0 radical (unpaired) electrons. The second kappa shape index (κ2) is 14.8. The van der Waals surface area contributed by atoms with E-state index >= 15 is 0 Å². The third-order valence-corrected chi connectivity index (χ3v) is 12.3.